The van der Waals surface area contributed by atoms with Crippen molar-refractivity contribution in [1.29, 1.82) is 0 Å². The molecule has 0 atom stereocenters. The normalized spacial score (nSPS) is 10.3. The second-order valence-electron chi connectivity index (χ2n) is 5.19. The summed E-state index contributed by atoms with van der Waals surface area (Å²) >= 11 is 0. The molecule has 0 aliphatic carbocycles. The second-order valence-corrected chi connectivity index (χ2v) is 5.19. The summed E-state index contributed by atoms with van der Waals surface area (Å²) in [5.41, 5.74) is 9.13. The lowest BCUT2D eigenvalue weighted by atomic mass is 9.82. The molecule has 0 fully saturated rings. The zero-order chi connectivity index (χ0) is 15.1. The van der Waals surface area contributed by atoms with Gasteiger partial charge in [-0.3, -0.25) is 0 Å². The molecule has 0 aromatic heterocycles. The van der Waals surface area contributed by atoms with Gasteiger partial charge in [0.2, 0.25) is 0 Å². The molecule has 0 spiro atoms. The summed E-state index contributed by atoms with van der Waals surface area (Å²) in [6.45, 7) is 13.5. The monoisotopic (exact) mass is 270 g/mol. The fourth-order valence-corrected chi connectivity index (χ4v) is 3.42. The minimum atomic E-state index is 0.935. The molecule has 0 heteroatoms. The standard InChI is InChI=1S/C20H30/c1-7-13-14-20-18(11-5)16(9-3)15(8-2)17(10-4)19(20)12-6/h7-12H2,1-6H3. The number of rotatable bonds is 5. The highest BCUT2D eigenvalue weighted by molar-refractivity contribution is 5.58. The lowest BCUT2D eigenvalue weighted by Crippen LogP contribution is -2.10. The van der Waals surface area contributed by atoms with Crippen LogP contribution < -0.4 is 0 Å². The smallest absolute Gasteiger partial charge is 0.0314 e. The molecule has 20 heavy (non-hydrogen) atoms. The molecule has 0 heterocycles. The van der Waals surface area contributed by atoms with E-state index in [1.165, 1.54) is 16.7 Å². The molecule has 0 radical (unpaired) electrons. The van der Waals surface area contributed by atoms with Crippen LogP contribution in [0.15, 0.2) is 0 Å². The van der Waals surface area contributed by atoms with Crippen molar-refractivity contribution in [3.63, 3.8) is 0 Å². The van der Waals surface area contributed by atoms with E-state index in [0.29, 0.717) is 0 Å². The summed E-state index contributed by atoms with van der Waals surface area (Å²) in [5.74, 6) is 6.79. The highest BCUT2D eigenvalue weighted by Gasteiger charge is 2.18. The van der Waals surface area contributed by atoms with Crippen LogP contribution >= 0.6 is 0 Å². The lowest BCUT2D eigenvalue weighted by Gasteiger charge is -2.22. The van der Waals surface area contributed by atoms with Crippen LogP contribution in [0.25, 0.3) is 0 Å². The van der Waals surface area contributed by atoms with Crippen LogP contribution in [-0.4, -0.2) is 0 Å². The number of benzene rings is 1. The maximum absolute atomic E-state index is 3.48. The molecule has 0 aliphatic rings. The van der Waals surface area contributed by atoms with E-state index in [0.717, 1.165) is 38.5 Å². The Morgan fingerprint density at radius 2 is 0.900 bits per heavy atom. The molecule has 0 amide bonds. The van der Waals surface area contributed by atoms with E-state index in [-0.39, 0.29) is 0 Å². The summed E-state index contributed by atoms with van der Waals surface area (Å²) < 4.78 is 0. The maximum atomic E-state index is 3.48. The molecule has 110 valence electrons. The molecule has 0 aliphatic heterocycles. The van der Waals surface area contributed by atoms with E-state index in [2.05, 4.69) is 53.4 Å². The van der Waals surface area contributed by atoms with Gasteiger partial charge in [0.25, 0.3) is 0 Å². The Labute approximate surface area is 126 Å². The van der Waals surface area contributed by atoms with Crippen LogP contribution in [0.4, 0.5) is 0 Å². The Morgan fingerprint density at radius 1 is 0.550 bits per heavy atom. The topological polar surface area (TPSA) is 0 Å². The van der Waals surface area contributed by atoms with E-state index in [4.69, 9.17) is 0 Å². The van der Waals surface area contributed by atoms with Gasteiger partial charge in [0.05, 0.1) is 0 Å². The summed E-state index contributed by atoms with van der Waals surface area (Å²) in [7, 11) is 0. The van der Waals surface area contributed by atoms with Crippen molar-refractivity contribution in [2.45, 2.75) is 80.1 Å². The summed E-state index contributed by atoms with van der Waals surface area (Å²) in [6, 6.07) is 0. The third kappa shape index (κ3) is 3.09. The van der Waals surface area contributed by atoms with Gasteiger partial charge in [0, 0.05) is 12.0 Å². The Hall–Kier alpha value is -1.22. The Kier molecular flexibility index (Phi) is 6.86. The average Bonchev–Trinajstić information content (AvgIpc) is 2.49. The van der Waals surface area contributed by atoms with Crippen LogP contribution in [0.2, 0.25) is 0 Å². The third-order valence-electron chi connectivity index (χ3n) is 4.22. The van der Waals surface area contributed by atoms with Crippen molar-refractivity contribution in [1.82, 2.24) is 0 Å². The van der Waals surface area contributed by atoms with Gasteiger partial charge in [-0.15, -0.1) is 0 Å². The van der Waals surface area contributed by atoms with Crippen LogP contribution in [0.3, 0.4) is 0 Å². The van der Waals surface area contributed by atoms with Gasteiger partial charge in [-0.25, -0.2) is 0 Å². The molecule has 0 N–H and O–H groups in total. The fraction of sp³-hybridized carbons (Fsp3) is 0.600. The number of hydrogen-bond acceptors (Lipinski definition) is 0. The van der Waals surface area contributed by atoms with Crippen LogP contribution in [0, 0.1) is 11.8 Å². The SMILES string of the molecule is CCC#Cc1c(CC)c(CC)c(CC)c(CC)c1CC. The quantitative estimate of drug-likeness (QED) is 0.640. The van der Waals surface area contributed by atoms with E-state index < -0.39 is 0 Å². The molecular weight excluding hydrogens is 240 g/mol. The predicted molar refractivity (Wildman–Crippen MR) is 90.5 cm³/mol. The van der Waals surface area contributed by atoms with Gasteiger partial charge in [-0.05, 0) is 59.9 Å². The number of hydrogen-bond donors (Lipinski definition) is 0. The van der Waals surface area contributed by atoms with Crippen molar-refractivity contribution in [2.75, 3.05) is 0 Å². The molecule has 0 saturated heterocycles. The van der Waals surface area contributed by atoms with Crippen molar-refractivity contribution in [3.8, 4) is 11.8 Å². The predicted octanol–water partition coefficient (Wildman–Crippen LogP) is 5.26. The van der Waals surface area contributed by atoms with E-state index in [1.807, 2.05) is 0 Å². The first-order chi connectivity index (χ1) is 9.69. The summed E-state index contributed by atoms with van der Waals surface area (Å²) in [5, 5.41) is 0. The molecule has 0 nitrogen and oxygen atoms in total. The molecule has 1 aromatic carbocycles. The molecule has 1 rings (SSSR count). The van der Waals surface area contributed by atoms with Crippen LogP contribution in [0.5, 0.6) is 0 Å². The summed E-state index contributed by atoms with van der Waals surface area (Å²) in [4.78, 5) is 0. The second kappa shape index (κ2) is 8.15. The molecule has 0 bridgehead atoms. The highest BCUT2D eigenvalue weighted by Crippen LogP contribution is 2.30. The third-order valence-corrected chi connectivity index (χ3v) is 4.22. The highest BCUT2D eigenvalue weighted by atomic mass is 14.2. The maximum Gasteiger partial charge on any atom is 0.0314 e. The van der Waals surface area contributed by atoms with Crippen LogP contribution in [0.1, 0.15) is 81.3 Å². The van der Waals surface area contributed by atoms with Gasteiger partial charge in [-0.2, -0.15) is 0 Å². The zero-order valence-corrected chi connectivity index (χ0v) is 14.2. The Balaban J connectivity index is 3.79. The van der Waals surface area contributed by atoms with Gasteiger partial charge >= 0.3 is 0 Å². The summed E-state index contributed by atoms with van der Waals surface area (Å²) in [6.07, 6.45) is 6.54. The molecule has 0 saturated carbocycles. The molecule has 0 unspecified atom stereocenters. The Morgan fingerprint density at radius 3 is 1.20 bits per heavy atom. The van der Waals surface area contributed by atoms with Gasteiger partial charge in [0.1, 0.15) is 0 Å². The van der Waals surface area contributed by atoms with Gasteiger partial charge in [-0.1, -0.05) is 53.4 Å². The van der Waals surface area contributed by atoms with Crippen molar-refractivity contribution >= 4 is 0 Å². The molecule has 1 aromatic rings. The fourth-order valence-electron chi connectivity index (χ4n) is 3.42. The largest absolute Gasteiger partial charge is 0.0982 e. The van der Waals surface area contributed by atoms with Crippen molar-refractivity contribution in [2.24, 2.45) is 0 Å². The minimum absolute atomic E-state index is 0.935. The minimum Gasteiger partial charge on any atom is -0.0982 e. The van der Waals surface area contributed by atoms with Crippen molar-refractivity contribution < 1.29 is 0 Å². The first kappa shape index (κ1) is 16.8. The van der Waals surface area contributed by atoms with Crippen molar-refractivity contribution in [3.05, 3.63) is 33.4 Å². The zero-order valence-electron chi connectivity index (χ0n) is 14.2. The Bertz CT molecular complexity index is 476. The average molecular weight is 270 g/mol. The lowest BCUT2D eigenvalue weighted by molar-refractivity contribution is 0.909. The van der Waals surface area contributed by atoms with Gasteiger partial charge < -0.3 is 0 Å². The molecular formula is C20H30. The first-order valence-electron chi connectivity index (χ1n) is 8.36. The van der Waals surface area contributed by atoms with E-state index >= 15 is 0 Å². The van der Waals surface area contributed by atoms with E-state index in [9.17, 15) is 0 Å². The van der Waals surface area contributed by atoms with E-state index in [1.54, 1.807) is 16.7 Å². The van der Waals surface area contributed by atoms with Crippen LogP contribution in [-0.2, 0) is 32.1 Å². The first-order valence-corrected chi connectivity index (χ1v) is 8.36. The van der Waals surface area contributed by atoms with Gasteiger partial charge in [0.15, 0.2) is 0 Å².